The summed E-state index contributed by atoms with van der Waals surface area (Å²) in [6.07, 6.45) is 0.788. The van der Waals surface area contributed by atoms with E-state index in [0.29, 0.717) is 10.8 Å². The summed E-state index contributed by atoms with van der Waals surface area (Å²) < 4.78 is 1.72. The molecule has 0 saturated heterocycles. The van der Waals surface area contributed by atoms with E-state index in [1.807, 2.05) is 14.0 Å². The lowest BCUT2D eigenvalue weighted by molar-refractivity contribution is -0.133. The number of aliphatic carboxylic acids is 1. The molecule has 0 aromatic carbocycles. The second kappa shape index (κ2) is 5.42. The van der Waals surface area contributed by atoms with Crippen LogP contribution in [0.5, 0.6) is 0 Å². The first kappa shape index (κ1) is 12.4. The minimum atomic E-state index is -0.811. The van der Waals surface area contributed by atoms with Crippen molar-refractivity contribution >= 4 is 29.3 Å². The Balaban J connectivity index is 2.68. The first-order valence-electron chi connectivity index (χ1n) is 4.56. The molecule has 1 aromatic heterocycles. The summed E-state index contributed by atoms with van der Waals surface area (Å²) in [5.74, 6) is -0.147. The average Bonchev–Trinajstić information content (AvgIpc) is 2.44. The number of carbonyl (C=O) groups is 1. The second-order valence-electron chi connectivity index (χ2n) is 3.07. The number of rotatable bonds is 5. The van der Waals surface area contributed by atoms with Crippen LogP contribution in [0.2, 0.25) is 5.02 Å². The van der Waals surface area contributed by atoms with Crippen LogP contribution in [0.3, 0.4) is 0 Å². The van der Waals surface area contributed by atoms with Gasteiger partial charge in [0.05, 0.1) is 22.2 Å². The van der Waals surface area contributed by atoms with Crippen LogP contribution in [-0.4, -0.2) is 26.6 Å². The van der Waals surface area contributed by atoms with Crippen molar-refractivity contribution in [3.63, 3.8) is 0 Å². The van der Waals surface area contributed by atoms with Crippen LogP contribution in [0.25, 0.3) is 0 Å². The van der Waals surface area contributed by atoms with Gasteiger partial charge < -0.3 is 5.11 Å². The third-order valence-corrected chi connectivity index (χ3v) is 3.33. The molecule has 0 saturated carbocycles. The smallest absolute Gasteiger partial charge is 0.313 e. The van der Waals surface area contributed by atoms with Crippen molar-refractivity contribution in [3.8, 4) is 0 Å². The second-order valence-corrected chi connectivity index (χ2v) is 4.43. The van der Waals surface area contributed by atoms with Gasteiger partial charge in [0.15, 0.2) is 0 Å². The van der Waals surface area contributed by atoms with E-state index in [9.17, 15) is 4.79 Å². The first-order chi connectivity index (χ1) is 7.06. The van der Waals surface area contributed by atoms with E-state index in [0.717, 1.165) is 17.8 Å². The van der Waals surface area contributed by atoms with Gasteiger partial charge in [-0.3, -0.25) is 9.48 Å². The van der Waals surface area contributed by atoms with Gasteiger partial charge in [-0.25, -0.2) is 0 Å². The van der Waals surface area contributed by atoms with Crippen LogP contribution in [0.1, 0.15) is 18.3 Å². The van der Waals surface area contributed by atoms with Gasteiger partial charge in [-0.15, -0.1) is 11.8 Å². The number of hydrogen-bond donors (Lipinski definition) is 1. The third-order valence-electron chi connectivity index (χ3n) is 1.97. The maximum atomic E-state index is 10.3. The Hall–Kier alpha value is -0.680. The molecular formula is C9H13ClN2O2S. The lowest BCUT2D eigenvalue weighted by Crippen LogP contribution is -2.01. The first-order valence-corrected chi connectivity index (χ1v) is 6.09. The molecule has 0 fully saturated rings. The molecule has 0 unspecified atom stereocenters. The fourth-order valence-electron chi connectivity index (χ4n) is 1.21. The van der Waals surface area contributed by atoms with Crippen LogP contribution >= 0.6 is 23.4 Å². The SMILES string of the molecule is CCc1nn(C)c(CSCC(=O)O)c1Cl. The van der Waals surface area contributed by atoms with Gasteiger partial charge in [0, 0.05) is 12.8 Å². The van der Waals surface area contributed by atoms with Crippen LogP contribution in [0.15, 0.2) is 0 Å². The quantitative estimate of drug-likeness (QED) is 0.866. The highest BCUT2D eigenvalue weighted by Gasteiger charge is 2.12. The molecule has 0 radical (unpaired) electrons. The predicted octanol–water partition coefficient (Wildman–Crippen LogP) is 1.95. The minimum Gasteiger partial charge on any atom is -0.481 e. The fraction of sp³-hybridized carbons (Fsp3) is 0.556. The summed E-state index contributed by atoms with van der Waals surface area (Å²) in [4.78, 5) is 10.3. The maximum Gasteiger partial charge on any atom is 0.313 e. The number of halogens is 1. The highest BCUT2D eigenvalue weighted by atomic mass is 35.5. The number of aryl methyl sites for hydroxylation is 2. The van der Waals surface area contributed by atoms with Crippen molar-refractivity contribution in [1.29, 1.82) is 0 Å². The van der Waals surface area contributed by atoms with E-state index in [4.69, 9.17) is 16.7 Å². The summed E-state index contributed by atoms with van der Waals surface area (Å²) in [5.41, 5.74) is 1.75. The number of aromatic nitrogens is 2. The van der Waals surface area contributed by atoms with Crippen molar-refractivity contribution in [1.82, 2.24) is 9.78 Å². The number of carboxylic acids is 1. The van der Waals surface area contributed by atoms with Crippen LogP contribution < -0.4 is 0 Å². The van der Waals surface area contributed by atoms with Gasteiger partial charge in [-0.2, -0.15) is 5.10 Å². The molecule has 1 rings (SSSR count). The number of carboxylic acid groups (broad SMARTS) is 1. The predicted molar refractivity (Wildman–Crippen MR) is 61.4 cm³/mol. The van der Waals surface area contributed by atoms with E-state index < -0.39 is 5.97 Å². The summed E-state index contributed by atoms with van der Waals surface area (Å²) in [5, 5.41) is 13.4. The molecule has 1 heterocycles. The third kappa shape index (κ3) is 3.14. The zero-order valence-corrected chi connectivity index (χ0v) is 10.2. The molecular weight excluding hydrogens is 236 g/mol. The summed E-state index contributed by atoms with van der Waals surface area (Å²) in [7, 11) is 1.82. The van der Waals surface area contributed by atoms with Gasteiger partial charge in [0.25, 0.3) is 0 Å². The van der Waals surface area contributed by atoms with Crippen molar-refractivity contribution in [3.05, 3.63) is 16.4 Å². The van der Waals surface area contributed by atoms with E-state index >= 15 is 0 Å². The minimum absolute atomic E-state index is 0.0863. The Kier molecular flexibility index (Phi) is 4.47. The molecule has 0 bridgehead atoms. The van der Waals surface area contributed by atoms with Gasteiger partial charge in [-0.1, -0.05) is 18.5 Å². The van der Waals surface area contributed by atoms with Crippen molar-refractivity contribution in [2.45, 2.75) is 19.1 Å². The Morgan fingerprint density at radius 1 is 1.67 bits per heavy atom. The zero-order valence-electron chi connectivity index (χ0n) is 8.66. The number of nitrogens with zero attached hydrogens (tertiary/aromatic N) is 2. The van der Waals surface area contributed by atoms with Gasteiger partial charge in [0.1, 0.15) is 0 Å². The summed E-state index contributed by atoms with van der Waals surface area (Å²) in [6, 6.07) is 0. The Bertz CT molecular complexity index is 365. The number of hydrogen-bond acceptors (Lipinski definition) is 3. The van der Waals surface area contributed by atoms with Gasteiger partial charge >= 0.3 is 5.97 Å². The highest BCUT2D eigenvalue weighted by molar-refractivity contribution is 7.99. The lowest BCUT2D eigenvalue weighted by atomic mass is 10.3. The lowest BCUT2D eigenvalue weighted by Gasteiger charge is -2.00. The van der Waals surface area contributed by atoms with Gasteiger partial charge in [-0.05, 0) is 6.42 Å². The Labute approximate surface area is 97.6 Å². The largest absolute Gasteiger partial charge is 0.481 e. The highest BCUT2D eigenvalue weighted by Crippen LogP contribution is 2.24. The van der Waals surface area contributed by atoms with E-state index in [-0.39, 0.29) is 5.75 Å². The maximum absolute atomic E-state index is 10.3. The van der Waals surface area contributed by atoms with E-state index in [1.165, 1.54) is 11.8 Å². The molecule has 84 valence electrons. The van der Waals surface area contributed by atoms with Crippen LogP contribution in [0.4, 0.5) is 0 Å². The van der Waals surface area contributed by atoms with Crippen molar-refractivity contribution in [2.24, 2.45) is 7.05 Å². The Morgan fingerprint density at radius 2 is 2.33 bits per heavy atom. The zero-order chi connectivity index (χ0) is 11.4. The molecule has 4 nitrogen and oxygen atoms in total. The molecule has 1 N–H and O–H groups in total. The topological polar surface area (TPSA) is 55.1 Å². The van der Waals surface area contributed by atoms with Crippen molar-refractivity contribution in [2.75, 3.05) is 5.75 Å². The standard InChI is InChI=1S/C9H13ClN2O2S/c1-3-6-9(10)7(12(2)11-6)4-15-5-8(13)14/h3-5H2,1-2H3,(H,13,14). The van der Waals surface area contributed by atoms with Crippen molar-refractivity contribution < 1.29 is 9.90 Å². The molecule has 6 heteroatoms. The Morgan fingerprint density at radius 3 is 2.80 bits per heavy atom. The summed E-state index contributed by atoms with van der Waals surface area (Å²) >= 11 is 7.42. The molecule has 15 heavy (non-hydrogen) atoms. The fourth-order valence-corrected chi connectivity index (χ4v) is 2.45. The van der Waals surface area contributed by atoms with E-state index in [1.54, 1.807) is 4.68 Å². The summed E-state index contributed by atoms with van der Waals surface area (Å²) in [6.45, 7) is 1.99. The molecule has 0 aliphatic heterocycles. The number of thioether (sulfide) groups is 1. The van der Waals surface area contributed by atoms with Crippen LogP contribution in [0, 0.1) is 0 Å². The normalized spacial score (nSPS) is 10.6. The molecule has 1 aromatic rings. The monoisotopic (exact) mass is 248 g/mol. The average molecular weight is 249 g/mol. The molecule has 0 aliphatic carbocycles. The van der Waals surface area contributed by atoms with Gasteiger partial charge in [0.2, 0.25) is 0 Å². The molecule has 0 amide bonds. The molecule has 0 atom stereocenters. The molecule has 0 spiro atoms. The van der Waals surface area contributed by atoms with E-state index in [2.05, 4.69) is 5.10 Å². The van der Waals surface area contributed by atoms with Crippen LogP contribution in [-0.2, 0) is 24.0 Å². The molecule has 0 aliphatic rings.